The number of rotatable bonds is 7. The third kappa shape index (κ3) is 6.31. The van der Waals surface area contributed by atoms with Crippen LogP contribution in [0.4, 0.5) is 0 Å². The topological polar surface area (TPSA) is 60.0 Å². The van der Waals surface area contributed by atoms with Crippen molar-refractivity contribution in [2.45, 2.75) is 12.4 Å². The van der Waals surface area contributed by atoms with E-state index >= 15 is 0 Å². The second-order valence-electron chi connectivity index (χ2n) is 5.76. The predicted octanol–water partition coefficient (Wildman–Crippen LogP) is 4.85. The van der Waals surface area contributed by atoms with Crippen molar-refractivity contribution in [1.82, 2.24) is 0 Å². The fraction of sp³-hybridized carbons (Fsp3) is 0.0909. The van der Waals surface area contributed by atoms with Crippen molar-refractivity contribution in [2.24, 2.45) is 15.9 Å². The smallest absolute Gasteiger partial charge is 0.180 e. The third-order valence-electron chi connectivity index (χ3n) is 3.78. The van der Waals surface area contributed by atoms with Gasteiger partial charge in [0.15, 0.2) is 5.17 Å². The largest absolute Gasteiger partial charge is 0.489 e. The summed E-state index contributed by atoms with van der Waals surface area (Å²) in [7, 11) is 0. The molecule has 0 saturated heterocycles. The third-order valence-corrected chi connectivity index (χ3v) is 4.63. The highest BCUT2D eigenvalue weighted by Crippen LogP contribution is 2.14. The lowest BCUT2D eigenvalue weighted by Crippen LogP contribution is -2.06. The molecule has 0 heterocycles. The van der Waals surface area contributed by atoms with Crippen LogP contribution < -0.4 is 10.5 Å². The normalized spacial score (nSPS) is 11.6. The number of thioether (sulfide) groups is 1. The van der Waals surface area contributed by atoms with E-state index in [0.717, 1.165) is 22.6 Å². The summed E-state index contributed by atoms with van der Waals surface area (Å²) in [4.78, 5) is 0. The van der Waals surface area contributed by atoms with Crippen LogP contribution in [0.5, 0.6) is 5.75 Å². The molecular formula is C22H21N3OS. The summed E-state index contributed by atoms with van der Waals surface area (Å²) in [5.74, 6) is 1.61. The van der Waals surface area contributed by atoms with E-state index < -0.39 is 0 Å². The molecule has 27 heavy (non-hydrogen) atoms. The van der Waals surface area contributed by atoms with E-state index in [1.54, 1.807) is 6.21 Å². The number of nitrogens with zero attached hydrogens (tertiary/aromatic N) is 2. The van der Waals surface area contributed by atoms with Crippen molar-refractivity contribution in [2.75, 3.05) is 0 Å². The van der Waals surface area contributed by atoms with Gasteiger partial charge in [0, 0.05) is 11.3 Å². The van der Waals surface area contributed by atoms with E-state index in [4.69, 9.17) is 10.5 Å². The van der Waals surface area contributed by atoms with Crippen molar-refractivity contribution in [3.8, 4) is 5.75 Å². The van der Waals surface area contributed by atoms with E-state index in [2.05, 4.69) is 22.3 Å². The molecule has 0 aromatic heterocycles. The maximum absolute atomic E-state index is 5.93. The Morgan fingerprint density at radius 3 is 2.33 bits per heavy atom. The molecule has 3 rings (SSSR count). The van der Waals surface area contributed by atoms with Gasteiger partial charge in [0.25, 0.3) is 0 Å². The Hall–Kier alpha value is -3.05. The van der Waals surface area contributed by atoms with Crippen molar-refractivity contribution in [1.29, 1.82) is 0 Å². The minimum atomic E-state index is 0.438. The van der Waals surface area contributed by atoms with Gasteiger partial charge in [-0.1, -0.05) is 84.6 Å². The molecule has 4 nitrogen and oxygen atoms in total. The number of hydrogen-bond acceptors (Lipinski definition) is 4. The van der Waals surface area contributed by atoms with Gasteiger partial charge in [-0.25, -0.2) is 0 Å². The van der Waals surface area contributed by atoms with Crippen LogP contribution >= 0.6 is 11.8 Å². The Morgan fingerprint density at radius 1 is 0.889 bits per heavy atom. The molecule has 0 saturated carbocycles. The molecule has 0 aliphatic carbocycles. The van der Waals surface area contributed by atoms with Crippen LogP contribution in [0.1, 0.15) is 16.7 Å². The first kappa shape index (κ1) is 18.7. The van der Waals surface area contributed by atoms with Crippen molar-refractivity contribution >= 4 is 23.1 Å². The molecule has 0 spiro atoms. The van der Waals surface area contributed by atoms with Crippen LogP contribution in [0.25, 0.3) is 0 Å². The summed E-state index contributed by atoms with van der Waals surface area (Å²) in [6.07, 6.45) is 1.71. The number of hydrogen-bond donors (Lipinski definition) is 1. The molecule has 136 valence electrons. The van der Waals surface area contributed by atoms with E-state index in [1.807, 2.05) is 72.8 Å². The second-order valence-corrected chi connectivity index (χ2v) is 6.75. The highest BCUT2D eigenvalue weighted by Gasteiger charge is 2.01. The number of nitrogens with two attached hydrogens (primary N) is 1. The lowest BCUT2D eigenvalue weighted by Gasteiger charge is -2.08. The van der Waals surface area contributed by atoms with E-state index in [9.17, 15) is 0 Å². The zero-order valence-corrected chi connectivity index (χ0v) is 15.7. The molecule has 2 N–H and O–H groups in total. The second kappa shape index (κ2) is 10.2. The summed E-state index contributed by atoms with van der Waals surface area (Å²) in [6, 6.07) is 27.8. The summed E-state index contributed by atoms with van der Waals surface area (Å²) < 4.78 is 5.82. The maximum atomic E-state index is 5.93. The molecule has 0 aliphatic heterocycles. The molecule has 0 aliphatic rings. The lowest BCUT2D eigenvalue weighted by molar-refractivity contribution is 0.306. The molecule has 0 unspecified atom stereocenters. The van der Waals surface area contributed by atoms with Gasteiger partial charge in [-0.05, 0) is 23.3 Å². The predicted molar refractivity (Wildman–Crippen MR) is 114 cm³/mol. The number of benzene rings is 3. The molecule has 0 atom stereocenters. The van der Waals surface area contributed by atoms with Crippen LogP contribution in [0.2, 0.25) is 0 Å². The average Bonchev–Trinajstić information content (AvgIpc) is 2.73. The van der Waals surface area contributed by atoms with Crippen molar-refractivity contribution in [3.63, 3.8) is 0 Å². The van der Waals surface area contributed by atoms with Crippen LogP contribution in [0.3, 0.4) is 0 Å². The van der Waals surface area contributed by atoms with Gasteiger partial charge in [-0.15, -0.1) is 5.10 Å². The minimum absolute atomic E-state index is 0.438. The van der Waals surface area contributed by atoms with Gasteiger partial charge in [-0.3, -0.25) is 0 Å². The molecule has 0 fully saturated rings. The summed E-state index contributed by atoms with van der Waals surface area (Å²) in [5, 5.41) is 8.65. The maximum Gasteiger partial charge on any atom is 0.180 e. The molecule has 0 amide bonds. The van der Waals surface area contributed by atoms with Crippen LogP contribution in [0, 0.1) is 0 Å². The lowest BCUT2D eigenvalue weighted by atomic mass is 10.1. The Bertz CT molecular complexity index is 896. The Morgan fingerprint density at radius 2 is 1.56 bits per heavy atom. The van der Waals surface area contributed by atoms with Crippen LogP contribution in [-0.4, -0.2) is 11.4 Å². The summed E-state index contributed by atoms with van der Waals surface area (Å²) >= 11 is 1.47. The van der Waals surface area contributed by atoms with Gasteiger partial charge in [-0.2, -0.15) is 5.10 Å². The molecular weight excluding hydrogens is 354 g/mol. The monoisotopic (exact) mass is 375 g/mol. The Kier molecular flexibility index (Phi) is 7.07. The Balaban J connectivity index is 1.57. The Labute approximate surface area is 163 Å². The highest BCUT2D eigenvalue weighted by atomic mass is 32.2. The zero-order valence-electron chi connectivity index (χ0n) is 14.9. The number of ether oxygens (including phenoxy) is 1. The van der Waals surface area contributed by atoms with E-state index in [1.165, 1.54) is 17.3 Å². The SMILES string of the molecule is NC(=NN=Cc1ccccc1COc1ccccc1)SCc1ccccc1. The zero-order chi connectivity index (χ0) is 18.7. The van der Waals surface area contributed by atoms with E-state index in [-0.39, 0.29) is 0 Å². The van der Waals surface area contributed by atoms with Gasteiger partial charge < -0.3 is 10.5 Å². The first-order chi connectivity index (χ1) is 13.3. The fourth-order valence-corrected chi connectivity index (χ4v) is 2.99. The first-order valence-corrected chi connectivity index (χ1v) is 9.59. The summed E-state index contributed by atoms with van der Waals surface area (Å²) in [6.45, 7) is 0.466. The first-order valence-electron chi connectivity index (χ1n) is 8.60. The average molecular weight is 375 g/mol. The number of amidine groups is 1. The molecule has 3 aromatic rings. The van der Waals surface area contributed by atoms with E-state index in [0.29, 0.717) is 11.8 Å². The van der Waals surface area contributed by atoms with Gasteiger partial charge >= 0.3 is 0 Å². The van der Waals surface area contributed by atoms with Crippen LogP contribution in [0.15, 0.2) is 95.1 Å². The summed E-state index contributed by atoms with van der Waals surface area (Å²) in [5.41, 5.74) is 9.13. The highest BCUT2D eigenvalue weighted by molar-refractivity contribution is 8.13. The van der Waals surface area contributed by atoms with Gasteiger partial charge in [0.1, 0.15) is 12.4 Å². The molecule has 5 heteroatoms. The molecule has 0 bridgehead atoms. The molecule has 0 radical (unpaired) electrons. The minimum Gasteiger partial charge on any atom is -0.489 e. The van der Waals surface area contributed by atoms with Crippen molar-refractivity contribution < 1.29 is 4.74 Å². The number of para-hydroxylation sites is 1. The standard InChI is InChI=1S/C22H21N3OS/c23-22(27-17-18-9-3-1-4-10-18)25-24-15-19-11-7-8-12-20(19)16-26-21-13-5-2-6-14-21/h1-15H,16-17H2,(H2,23,25). The fourth-order valence-electron chi connectivity index (χ4n) is 2.38. The quantitative estimate of drug-likeness (QED) is 0.365. The molecule has 3 aromatic carbocycles. The van der Waals surface area contributed by atoms with Gasteiger partial charge in [0.05, 0.1) is 6.21 Å². The van der Waals surface area contributed by atoms with Crippen molar-refractivity contribution in [3.05, 3.63) is 102 Å². The van der Waals surface area contributed by atoms with Crippen LogP contribution in [-0.2, 0) is 12.4 Å². The van der Waals surface area contributed by atoms with Gasteiger partial charge in [0.2, 0.25) is 0 Å².